The summed E-state index contributed by atoms with van der Waals surface area (Å²) in [6, 6.07) is 7.38. The molecule has 1 saturated carbocycles. The number of sulfonamides is 1. The van der Waals surface area contributed by atoms with Crippen LogP contribution in [-0.2, 0) is 10.0 Å². The van der Waals surface area contributed by atoms with Crippen molar-refractivity contribution in [1.82, 2.24) is 4.31 Å². The maximum Gasteiger partial charge on any atom is 0.244 e. The molecule has 27 heavy (non-hydrogen) atoms. The Hall–Kier alpha value is -1.57. The number of rotatable bonds is 5. The molecule has 1 aliphatic carbocycles. The van der Waals surface area contributed by atoms with Crippen LogP contribution in [0.1, 0.15) is 47.5 Å². The van der Waals surface area contributed by atoms with E-state index in [-0.39, 0.29) is 12.1 Å². The van der Waals surface area contributed by atoms with Gasteiger partial charge in [-0.2, -0.15) is 4.31 Å². The molecule has 2 heterocycles. The lowest BCUT2D eigenvalue weighted by atomic mass is 10.1. The summed E-state index contributed by atoms with van der Waals surface area (Å²) in [5, 5.41) is 0. The van der Waals surface area contributed by atoms with E-state index in [9.17, 15) is 8.42 Å². The van der Waals surface area contributed by atoms with Crippen LogP contribution in [0.2, 0.25) is 0 Å². The lowest BCUT2D eigenvalue weighted by molar-refractivity contribution is 0.296. The second kappa shape index (κ2) is 7.11. The van der Waals surface area contributed by atoms with Crippen LogP contribution in [0.5, 0.6) is 11.5 Å². The average Bonchev–Trinajstić information content (AvgIpc) is 3.41. The second-order valence-corrected chi connectivity index (χ2v) is 10.5. The molecule has 2 aromatic rings. The minimum absolute atomic E-state index is 0.0700. The highest BCUT2D eigenvalue weighted by Gasteiger charge is 2.42. The third-order valence-corrected chi connectivity index (χ3v) is 8.34. The number of hydrogen-bond donors (Lipinski definition) is 0. The largest absolute Gasteiger partial charge is 0.490 e. The van der Waals surface area contributed by atoms with Gasteiger partial charge in [0.2, 0.25) is 10.0 Å². The molecule has 0 radical (unpaired) electrons. The Morgan fingerprint density at radius 3 is 2.44 bits per heavy atom. The van der Waals surface area contributed by atoms with Gasteiger partial charge >= 0.3 is 0 Å². The van der Waals surface area contributed by atoms with Crippen LogP contribution in [0.15, 0.2) is 29.2 Å². The molecule has 2 aliphatic rings. The molecule has 1 fully saturated rings. The van der Waals surface area contributed by atoms with Crippen molar-refractivity contribution in [1.29, 1.82) is 0 Å². The van der Waals surface area contributed by atoms with Crippen molar-refractivity contribution in [3.63, 3.8) is 0 Å². The summed E-state index contributed by atoms with van der Waals surface area (Å²) in [7, 11) is -3.55. The molecule has 0 amide bonds. The molecule has 0 spiro atoms. The number of hydrogen-bond acceptors (Lipinski definition) is 5. The third kappa shape index (κ3) is 3.60. The summed E-state index contributed by atoms with van der Waals surface area (Å²) in [5.74, 6) is 1.43. The first-order valence-corrected chi connectivity index (χ1v) is 11.6. The number of benzene rings is 1. The maximum atomic E-state index is 13.5. The predicted molar refractivity (Wildman–Crippen MR) is 106 cm³/mol. The topological polar surface area (TPSA) is 55.8 Å². The van der Waals surface area contributed by atoms with Gasteiger partial charge in [-0.3, -0.25) is 0 Å². The normalized spacial score (nSPS) is 18.4. The van der Waals surface area contributed by atoms with E-state index in [1.807, 2.05) is 39.0 Å². The van der Waals surface area contributed by atoms with Crippen molar-refractivity contribution in [2.24, 2.45) is 0 Å². The Bertz CT molecular complexity index is 947. The zero-order valence-electron chi connectivity index (χ0n) is 15.9. The zero-order valence-corrected chi connectivity index (χ0v) is 17.5. The fraction of sp³-hybridized carbons (Fsp3) is 0.500. The number of aryl methyl sites for hydroxylation is 2. The summed E-state index contributed by atoms with van der Waals surface area (Å²) in [6.45, 7) is 7.05. The van der Waals surface area contributed by atoms with E-state index in [1.54, 1.807) is 10.4 Å². The molecule has 0 N–H and O–H groups in total. The SMILES string of the molecule is Cc1cc(S(=O)(=O)N(C2CC2)[C@H](C)c2ccc3c(c2)OCCCO3)c(C)s1. The lowest BCUT2D eigenvalue weighted by Gasteiger charge is -2.29. The Morgan fingerprint density at radius 2 is 1.81 bits per heavy atom. The van der Waals surface area contributed by atoms with Crippen LogP contribution < -0.4 is 9.47 Å². The van der Waals surface area contributed by atoms with Crippen LogP contribution in [-0.4, -0.2) is 32.0 Å². The molecule has 146 valence electrons. The summed E-state index contributed by atoms with van der Waals surface area (Å²) >= 11 is 1.53. The van der Waals surface area contributed by atoms with E-state index >= 15 is 0 Å². The van der Waals surface area contributed by atoms with Crippen LogP contribution >= 0.6 is 11.3 Å². The smallest absolute Gasteiger partial charge is 0.244 e. The van der Waals surface area contributed by atoms with E-state index < -0.39 is 10.0 Å². The molecule has 0 unspecified atom stereocenters. The van der Waals surface area contributed by atoms with Crippen molar-refractivity contribution in [3.05, 3.63) is 39.6 Å². The molecule has 1 aromatic carbocycles. The molecule has 1 aliphatic heterocycles. The Labute approximate surface area is 165 Å². The van der Waals surface area contributed by atoms with Gasteiger partial charge in [0.1, 0.15) is 0 Å². The standard InChI is InChI=1S/C20H25NO4S2/c1-13-11-20(15(3)26-13)27(22,23)21(17-6-7-17)14(2)16-5-8-18-19(12-16)25-10-4-9-24-18/h5,8,11-12,14,17H,4,6-7,9-10H2,1-3H3/t14-/m1/s1. The van der Waals surface area contributed by atoms with Crippen LogP contribution in [0.25, 0.3) is 0 Å². The highest BCUT2D eigenvalue weighted by atomic mass is 32.2. The minimum atomic E-state index is -3.55. The number of thiophene rings is 1. The van der Waals surface area contributed by atoms with Gasteiger partial charge in [0, 0.05) is 28.3 Å². The first kappa shape index (κ1) is 18.8. The lowest BCUT2D eigenvalue weighted by Crippen LogP contribution is -2.35. The van der Waals surface area contributed by atoms with E-state index in [1.165, 1.54) is 11.3 Å². The summed E-state index contributed by atoms with van der Waals surface area (Å²) in [6.07, 6.45) is 2.67. The number of fused-ring (bicyclic) bond motifs is 1. The Balaban J connectivity index is 1.70. The van der Waals surface area contributed by atoms with Crippen LogP contribution in [0.4, 0.5) is 0 Å². The van der Waals surface area contributed by atoms with Crippen LogP contribution in [0, 0.1) is 13.8 Å². The third-order valence-electron chi connectivity index (χ3n) is 5.09. The molecule has 1 aromatic heterocycles. The molecule has 1 atom stereocenters. The van der Waals surface area contributed by atoms with Gasteiger partial charge < -0.3 is 9.47 Å². The van der Waals surface area contributed by atoms with Gasteiger partial charge in [-0.1, -0.05) is 6.07 Å². The van der Waals surface area contributed by atoms with Crippen molar-refractivity contribution < 1.29 is 17.9 Å². The summed E-state index contributed by atoms with van der Waals surface area (Å²) in [4.78, 5) is 2.31. The summed E-state index contributed by atoms with van der Waals surface area (Å²) < 4.78 is 40.2. The van der Waals surface area contributed by atoms with Crippen molar-refractivity contribution in [3.8, 4) is 11.5 Å². The van der Waals surface area contributed by atoms with E-state index in [4.69, 9.17) is 9.47 Å². The first-order chi connectivity index (χ1) is 12.9. The van der Waals surface area contributed by atoms with Gasteiger partial charge in [0.15, 0.2) is 11.5 Å². The minimum Gasteiger partial charge on any atom is -0.490 e. The average molecular weight is 408 g/mol. The number of ether oxygens (including phenoxy) is 2. The van der Waals surface area contributed by atoms with Gasteiger partial charge in [0.25, 0.3) is 0 Å². The van der Waals surface area contributed by atoms with E-state index in [2.05, 4.69) is 0 Å². The monoisotopic (exact) mass is 407 g/mol. The summed E-state index contributed by atoms with van der Waals surface area (Å²) in [5.41, 5.74) is 0.930. The van der Waals surface area contributed by atoms with E-state index in [0.717, 1.165) is 40.3 Å². The fourth-order valence-corrected chi connectivity index (χ4v) is 7.01. The highest BCUT2D eigenvalue weighted by molar-refractivity contribution is 7.89. The molecule has 4 rings (SSSR count). The first-order valence-electron chi connectivity index (χ1n) is 9.38. The Morgan fingerprint density at radius 1 is 1.11 bits per heavy atom. The van der Waals surface area contributed by atoms with Crippen molar-refractivity contribution >= 4 is 21.4 Å². The number of nitrogens with zero attached hydrogens (tertiary/aromatic N) is 1. The molecule has 0 saturated heterocycles. The quantitative estimate of drug-likeness (QED) is 0.735. The molecule has 7 heteroatoms. The Kier molecular flexibility index (Phi) is 4.94. The van der Waals surface area contributed by atoms with Crippen LogP contribution in [0.3, 0.4) is 0 Å². The van der Waals surface area contributed by atoms with Crippen molar-refractivity contribution in [2.45, 2.75) is 57.0 Å². The zero-order chi connectivity index (χ0) is 19.2. The van der Waals surface area contributed by atoms with E-state index in [0.29, 0.717) is 23.9 Å². The van der Waals surface area contributed by atoms with Crippen molar-refractivity contribution in [2.75, 3.05) is 13.2 Å². The van der Waals surface area contributed by atoms with Gasteiger partial charge in [-0.25, -0.2) is 8.42 Å². The predicted octanol–water partition coefficient (Wildman–Crippen LogP) is 4.44. The van der Waals surface area contributed by atoms with Gasteiger partial charge in [0.05, 0.1) is 18.1 Å². The maximum absolute atomic E-state index is 13.5. The second-order valence-electron chi connectivity index (χ2n) is 7.28. The molecular weight excluding hydrogens is 382 g/mol. The highest BCUT2D eigenvalue weighted by Crippen LogP contribution is 2.42. The van der Waals surface area contributed by atoms with Gasteiger partial charge in [-0.15, -0.1) is 11.3 Å². The fourth-order valence-electron chi connectivity index (χ4n) is 3.61. The molecule has 5 nitrogen and oxygen atoms in total. The molecular formula is C20H25NO4S2. The van der Waals surface area contributed by atoms with Gasteiger partial charge in [-0.05, 0) is 57.4 Å². The molecule has 0 bridgehead atoms.